The van der Waals surface area contributed by atoms with Crippen LogP contribution in [0.15, 0.2) is 71.8 Å². The van der Waals surface area contributed by atoms with Gasteiger partial charge in [0.15, 0.2) is 0 Å². The van der Waals surface area contributed by atoms with Crippen LogP contribution < -0.4 is 10.4 Å². The van der Waals surface area contributed by atoms with Gasteiger partial charge in [0.2, 0.25) is 0 Å². The van der Waals surface area contributed by atoms with Crippen LogP contribution in [0.3, 0.4) is 0 Å². The number of hydrogen-bond acceptors (Lipinski definition) is 5. The number of rotatable bonds is 9. The second-order valence-electron chi connectivity index (χ2n) is 8.48. The molecule has 1 heterocycles. The third-order valence-corrected chi connectivity index (χ3v) is 4.79. The topological polar surface area (TPSA) is 82.8 Å². The van der Waals surface area contributed by atoms with E-state index in [9.17, 15) is 14.4 Å². The van der Waals surface area contributed by atoms with Gasteiger partial charge in [0.05, 0.1) is 12.2 Å². The molecule has 8 nitrogen and oxygen atoms in total. The van der Waals surface area contributed by atoms with E-state index >= 15 is 0 Å². The molecule has 0 atom stereocenters. The van der Waals surface area contributed by atoms with Gasteiger partial charge in [-0.2, -0.15) is 0 Å². The highest BCUT2D eigenvalue weighted by Gasteiger charge is 2.22. The second-order valence-corrected chi connectivity index (χ2v) is 8.48. The molecular formula is C25H29N3O5. The second kappa shape index (κ2) is 10.7. The fraction of sp³-hybridized carbons (Fsp3) is 0.320. The standard InChI is InChI=1S/C25H29N3O5/c1-25(2,3)33-24(31)27(17-18-32-22-7-5-4-6-8-22)14-13-26-15-16-28(23(26)30)21-11-9-20(19-29)10-12-21/h4-12,15-16,19H,13-14,17-18H2,1-3H3. The molecule has 0 aliphatic heterocycles. The van der Waals surface area contributed by atoms with Crippen LogP contribution in [0.1, 0.15) is 31.1 Å². The van der Waals surface area contributed by atoms with Gasteiger partial charge in [-0.25, -0.2) is 9.59 Å². The number of nitrogens with zero attached hydrogens (tertiary/aromatic N) is 3. The van der Waals surface area contributed by atoms with Crippen molar-refractivity contribution in [1.82, 2.24) is 14.0 Å². The normalized spacial score (nSPS) is 11.1. The number of para-hydroxylation sites is 1. The van der Waals surface area contributed by atoms with E-state index in [1.54, 1.807) is 36.7 Å². The number of aromatic nitrogens is 2. The lowest BCUT2D eigenvalue weighted by Crippen LogP contribution is -2.41. The molecule has 0 aliphatic carbocycles. The van der Waals surface area contributed by atoms with E-state index in [0.29, 0.717) is 30.9 Å². The third-order valence-electron chi connectivity index (χ3n) is 4.79. The predicted octanol–water partition coefficient (Wildman–Crippen LogP) is 3.77. The average Bonchev–Trinajstić information content (AvgIpc) is 3.15. The number of hydrogen-bond donors (Lipinski definition) is 0. The molecule has 33 heavy (non-hydrogen) atoms. The molecule has 3 rings (SSSR count). The molecule has 3 aromatic rings. The molecule has 2 aromatic carbocycles. The maximum absolute atomic E-state index is 12.8. The van der Waals surface area contributed by atoms with Crippen molar-refractivity contribution in [2.24, 2.45) is 0 Å². The van der Waals surface area contributed by atoms with Crippen molar-refractivity contribution in [2.75, 3.05) is 19.7 Å². The summed E-state index contributed by atoms with van der Waals surface area (Å²) in [6.07, 6.45) is 3.62. The summed E-state index contributed by atoms with van der Waals surface area (Å²) >= 11 is 0. The largest absolute Gasteiger partial charge is 0.492 e. The highest BCUT2D eigenvalue weighted by atomic mass is 16.6. The summed E-state index contributed by atoms with van der Waals surface area (Å²) in [6.45, 7) is 6.61. The molecule has 0 saturated heterocycles. The van der Waals surface area contributed by atoms with E-state index in [2.05, 4.69) is 0 Å². The molecule has 1 aromatic heterocycles. The van der Waals surface area contributed by atoms with Gasteiger partial charge in [0.25, 0.3) is 0 Å². The number of carbonyl (C=O) groups excluding carboxylic acids is 2. The zero-order chi connectivity index (χ0) is 23.8. The number of benzene rings is 2. The Morgan fingerprint density at radius 3 is 2.33 bits per heavy atom. The monoisotopic (exact) mass is 451 g/mol. The van der Waals surface area contributed by atoms with Gasteiger partial charge in [0, 0.05) is 31.0 Å². The van der Waals surface area contributed by atoms with Crippen LogP contribution in [0.4, 0.5) is 4.79 Å². The summed E-state index contributed by atoms with van der Waals surface area (Å²) in [7, 11) is 0. The van der Waals surface area contributed by atoms with Gasteiger partial charge >= 0.3 is 11.8 Å². The molecule has 8 heteroatoms. The van der Waals surface area contributed by atoms with Crippen molar-refractivity contribution in [1.29, 1.82) is 0 Å². The first-order valence-electron chi connectivity index (χ1n) is 10.8. The Hall–Kier alpha value is -3.81. The molecule has 0 radical (unpaired) electrons. The van der Waals surface area contributed by atoms with Crippen LogP contribution in [0, 0.1) is 0 Å². The fourth-order valence-corrected chi connectivity index (χ4v) is 3.13. The van der Waals surface area contributed by atoms with Crippen LogP contribution in [-0.4, -0.2) is 51.7 Å². The van der Waals surface area contributed by atoms with Crippen LogP contribution >= 0.6 is 0 Å². The molecule has 0 fully saturated rings. The third kappa shape index (κ3) is 6.83. The van der Waals surface area contributed by atoms with Gasteiger partial charge in [-0.3, -0.25) is 13.9 Å². The van der Waals surface area contributed by atoms with E-state index < -0.39 is 11.7 Å². The molecule has 0 spiro atoms. The van der Waals surface area contributed by atoms with Crippen molar-refractivity contribution in [2.45, 2.75) is 32.9 Å². The zero-order valence-corrected chi connectivity index (χ0v) is 19.1. The summed E-state index contributed by atoms with van der Waals surface area (Å²) in [5, 5.41) is 0. The summed E-state index contributed by atoms with van der Waals surface area (Å²) in [6, 6.07) is 16.1. The first-order chi connectivity index (χ1) is 15.8. The maximum Gasteiger partial charge on any atom is 0.410 e. The van der Waals surface area contributed by atoms with E-state index in [0.717, 1.165) is 12.0 Å². The Kier molecular flexibility index (Phi) is 7.71. The average molecular weight is 452 g/mol. The van der Waals surface area contributed by atoms with Gasteiger partial charge in [-0.1, -0.05) is 18.2 Å². The molecule has 1 amide bonds. The van der Waals surface area contributed by atoms with Crippen molar-refractivity contribution in [3.05, 3.63) is 83.0 Å². The number of imidazole rings is 1. The molecular weight excluding hydrogens is 422 g/mol. The van der Waals surface area contributed by atoms with Gasteiger partial charge in [0.1, 0.15) is 24.2 Å². The quantitative estimate of drug-likeness (QED) is 0.463. The number of ether oxygens (including phenoxy) is 2. The van der Waals surface area contributed by atoms with Crippen LogP contribution in [0.5, 0.6) is 5.75 Å². The fourth-order valence-electron chi connectivity index (χ4n) is 3.13. The van der Waals surface area contributed by atoms with Crippen molar-refractivity contribution >= 4 is 12.4 Å². The number of aldehydes is 1. The summed E-state index contributed by atoms with van der Waals surface area (Å²) in [4.78, 5) is 37.9. The Morgan fingerprint density at radius 2 is 1.70 bits per heavy atom. The first-order valence-corrected chi connectivity index (χ1v) is 10.8. The van der Waals surface area contributed by atoms with Crippen molar-refractivity contribution in [3.63, 3.8) is 0 Å². The molecule has 0 saturated carbocycles. The van der Waals surface area contributed by atoms with Crippen LogP contribution in [0.2, 0.25) is 0 Å². The molecule has 0 bridgehead atoms. The van der Waals surface area contributed by atoms with E-state index in [4.69, 9.17) is 9.47 Å². The summed E-state index contributed by atoms with van der Waals surface area (Å²) in [5.74, 6) is 0.718. The van der Waals surface area contributed by atoms with E-state index in [-0.39, 0.29) is 12.2 Å². The van der Waals surface area contributed by atoms with E-state index in [1.165, 1.54) is 14.0 Å². The number of amides is 1. The lowest BCUT2D eigenvalue weighted by molar-refractivity contribution is 0.0219. The SMILES string of the molecule is CC(C)(C)OC(=O)N(CCOc1ccccc1)CCn1ccn(-c2ccc(C=O)cc2)c1=O. The van der Waals surface area contributed by atoms with Gasteiger partial charge < -0.3 is 14.4 Å². The minimum Gasteiger partial charge on any atom is -0.492 e. The van der Waals surface area contributed by atoms with Gasteiger partial charge in [-0.15, -0.1) is 0 Å². The Bertz CT molecular complexity index is 1110. The lowest BCUT2D eigenvalue weighted by atomic mass is 10.2. The molecule has 0 unspecified atom stereocenters. The predicted molar refractivity (Wildman–Crippen MR) is 125 cm³/mol. The van der Waals surface area contributed by atoms with E-state index in [1.807, 2.05) is 51.1 Å². The van der Waals surface area contributed by atoms with Crippen molar-refractivity contribution in [3.8, 4) is 11.4 Å². The number of carbonyl (C=O) groups is 2. The first kappa shape index (κ1) is 23.8. The molecule has 174 valence electrons. The van der Waals surface area contributed by atoms with Crippen molar-refractivity contribution < 1.29 is 19.1 Å². The molecule has 0 aliphatic rings. The minimum absolute atomic E-state index is 0.237. The summed E-state index contributed by atoms with van der Waals surface area (Å²) in [5.41, 5.74) is 0.323. The van der Waals surface area contributed by atoms with Crippen LogP contribution in [-0.2, 0) is 11.3 Å². The smallest absolute Gasteiger partial charge is 0.410 e. The zero-order valence-electron chi connectivity index (χ0n) is 19.1. The Balaban J connectivity index is 1.67. The Labute approximate surface area is 193 Å². The molecule has 0 N–H and O–H groups in total. The lowest BCUT2D eigenvalue weighted by Gasteiger charge is -2.27. The maximum atomic E-state index is 12.8. The minimum atomic E-state index is -0.635. The summed E-state index contributed by atoms with van der Waals surface area (Å²) < 4.78 is 14.3. The van der Waals surface area contributed by atoms with Crippen LogP contribution in [0.25, 0.3) is 5.69 Å². The van der Waals surface area contributed by atoms with Gasteiger partial charge in [-0.05, 0) is 57.2 Å². The highest BCUT2D eigenvalue weighted by Crippen LogP contribution is 2.12. The highest BCUT2D eigenvalue weighted by molar-refractivity contribution is 5.75. The Morgan fingerprint density at radius 1 is 1.00 bits per heavy atom.